The van der Waals surface area contributed by atoms with Gasteiger partial charge in [-0.1, -0.05) is 274 Å². The minimum absolute atomic E-state index is 0.104. The Morgan fingerprint density at radius 2 is 0.487 bits per heavy atom. The lowest BCUT2D eigenvalue weighted by Crippen LogP contribution is -2.30. The van der Waals surface area contributed by atoms with Gasteiger partial charge in [-0.25, -0.2) is 0 Å². The first-order valence-electron chi connectivity index (χ1n) is 32.1. The van der Waals surface area contributed by atoms with Gasteiger partial charge < -0.3 is 14.2 Å². The summed E-state index contributed by atoms with van der Waals surface area (Å²) in [6, 6.07) is 0. The molecule has 0 fully saturated rings. The predicted octanol–water partition coefficient (Wildman–Crippen LogP) is 22.3. The highest BCUT2D eigenvalue weighted by molar-refractivity contribution is 5.71. The second-order valence-electron chi connectivity index (χ2n) is 20.6. The van der Waals surface area contributed by atoms with Crippen molar-refractivity contribution in [1.29, 1.82) is 0 Å². The monoisotopic (exact) mass is 1100 g/mol. The van der Waals surface area contributed by atoms with E-state index in [1.165, 1.54) is 44.9 Å². The normalized spacial score (nSPS) is 13.3. The molecule has 0 aromatic rings. The third-order valence-corrected chi connectivity index (χ3v) is 13.0. The topological polar surface area (TPSA) is 78.9 Å². The molecule has 0 heterocycles. The van der Waals surface area contributed by atoms with Crippen LogP contribution in [0, 0.1) is 0 Å². The van der Waals surface area contributed by atoms with Gasteiger partial charge in [-0.15, -0.1) is 0 Å². The molecule has 0 saturated heterocycles. The summed E-state index contributed by atoms with van der Waals surface area (Å²) in [6.07, 6.45) is 97.9. The summed E-state index contributed by atoms with van der Waals surface area (Å²) in [6.45, 7) is 6.35. The molecule has 1 atom stereocenters. The molecule has 0 aliphatic rings. The van der Waals surface area contributed by atoms with E-state index in [0.29, 0.717) is 19.3 Å². The quantitative estimate of drug-likeness (QED) is 0.0261. The Labute approximate surface area is 492 Å². The van der Waals surface area contributed by atoms with Crippen LogP contribution in [0.2, 0.25) is 0 Å². The number of hydrogen-bond acceptors (Lipinski definition) is 6. The average Bonchev–Trinajstić information content (AvgIpc) is 3.46. The van der Waals surface area contributed by atoms with Gasteiger partial charge in [-0.2, -0.15) is 0 Å². The number of rotatable bonds is 56. The molecule has 0 N–H and O–H groups in total. The second kappa shape index (κ2) is 66.3. The van der Waals surface area contributed by atoms with E-state index in [9.17, 15) is 14.4 Å². The molecule has 0 aromatic heterocycles. The number of unbranched alkanes of at least 4 members (excludes halogenated alkanes) is 17. The predicted molar refractivity (Wildman–Crippen MR) is 348 cm³/mol. The van der Waals surface area contributed by atoms with Crippen molar-refractivity contribution in [3.05, 3.63) is 170 Å². The van der Waals surface area contributed by atoms with Crippen LogP contribution in [0.3, 0.4) is 0 Å². The first kappa shape index (κ1) is 74.8. The van der Waals surface area contributed by atoms with Gasteiger partial charge in [0.25, 0.3) is 0 Å². The van der Waals surface area contributed by atoms with E-state index in [0.717, 1.165) is 167 Å². The van der Waals surface area contributed by atoms with Gasteiger partial charge in [0.15, 0.2) is 6.10 Å². The smallest absolute Gasteiger partial charge is 0.306 e. The lowest BCUT2D eigenvalue weighted by molar-refractivity contribution is -0.167. The molecular weight excluding hydrogens is 985 g/mol. The molecule has 448 valence electrons. The van der Waals surface area contributed by atoms with Crippen LogP contribution in [-0.4, -0.2) is 37.2 Å². The Kier molecular flexibility index (Phi) is 61.9. The number of carbonyl (C=O) groups is 3. The van der Waals surface area contributed by atoms with Crippen LogP contribution in [0.4, 0.5) is 0 Å². The Bertz CT molecular complexity index is 1840. The van der Waals surface area contributed by atoms with Gasteiger partial charge in [0, 0.05) is 19.3 Å². The average molecular weight is 1100 g/mol. The minimum Gasteiger partial charge on any atom is -0.462 e. The molecule has 0 aliphatic heterocycles. The Hall–Kier alpha value is -5.23. The van der Waals surface area contributed by atoms with E-state index in [4.69, 9.17) is 14.2 Å². The molecule has 0 saturated carbocycles. The Balaban J connectivity index is 4.42. The zero-order valence-corrected chi connectivity index (χ0v) is 51.3. The van der Waals surface area contributed by atoms with E-state index in [1.54, 1.807) is 0 Å². The van der Waals surface area contributed by atoms with Crippen LogP contribution >= 0.6 is 0 Å². The SMILES string of the molecule is CC/C=C\C/C=C\C/C=C\C/C=C\C/C=C\C/C=C\C/C=C\CCCCCCCC(=O)OCC(COC(=O)CCCCCCCCCCCC)OC(=O)CCCCC/C=C\C/C=C\C/C=C\C/C=C\C/C=C\C/C=C\C/C=C\CC. The molecule has 1 unspecified atom stereocenters. The molecule has 0 aromatic carbocycles. The number of hydrogen-bond donors (Lipinski definition) is 0. The summed E-state index contributed by atoms with van der Waals surface area (Å²) in [5.41, 5.74) is 0. The maximum atomic E-state index is 12.9. The molecule has 0 rings (SSSR count). The van der Waals surface area contributed by atoms with Crippen molar-refractivity contribution >= 4 is 17.9 Å². The van der Waals surface area contributed by atoms with Gasteiger partial charge in [-0.05, 0) is 135 Å². The van der Waals surface area contributed by atoms with Crippen LogP contribution in [0.25, 0.3) is 0 Å². The number of ether oxygens (including phenoxy) is 3. The maximum absolute atomic E-state index is 12.9. The highest BCUT2D eigenvalue weighted by Gasteiger charge is 2.19. The zero-order valence-electron chi connectivity index (χ0n) is 51.3. The molecule has 6 nitrogen and oxygen atoms in total. The van der Waals surface area contributed by atoms with Crippen LogP contribution in [-0.2, 0) is 28.6 Å². The molecule has 6 heteroatoms. The highest BCUT2D eigenvalue weighted by Crippen LogP contribution is 2.14. The van der Waals surface area contributed by atoms with Crippen LogP contribution < -0.4 is 0 Å². The van der Waals surface area contributed by atoms with Gasteiger partial charge >= 0.3 is 17.9 Å². The molecule has 0 bridgehead atoms. The van der Waals surface area contributed by atoms with E-state index in [-0.39, 0.29) is 37.5 Å². The first-order chi connectivity index (χ1) is 39.5. The maximum Gasteiger partial charge on any atom is 0.306 e. The minimum atomic E-state index is -0.812. The lowest BCUT2D eigenvalue weighted by Gasteiger charge is -2.18. The molecule has 80 heavy (non-hydrogen) atoms. The fourth-order valence-corrected chi connectivity index (χ4v) is 8.23. The van der Waals surface area contributed by atoms with Gasteiger partial charge in [0.1, 0.15) is 13.2 Å². The van der Waals surface area contributed by atoms with E-state index < -0.39 is 6.10 Å². The summed E-state index contributed by atoms with van der Waals surface area (Å²) >= 11 is 0. The first-order valence-corrected chi connectivity index (χ1v) is 32.1. The van der Waals surface area contributed by atoms with E-state index in [1.807, 2.05) is 0 Å². The van der Waals surface area contributed by atoms with Crippen molar-refractivity contribution in [3.8, 4) is 0 Å². The molecule has 0 radical (unpaired) electrons. The van der Waals surface area contributed by atoms with Crippen molar-refractivity contribution in [2.24, 2.45) is 0 Å². The van der Waals surface area contributed by atoms with E-state index in [2.05, 4.69) is 191 Å². The van der Waals surface area contributed by atoms with Crippen molar-refractivity contribution in [2.45, 2.75) is 264 Å². The summed E-state index contributed by atoms with van der Waals surface area (Å²) in [5, 5.41) is 0. The van der Waals surface area contributed by atoms with Crippen molar-refractivity contribution in [3.63, 3.8) is 0 Å². The van der Waals surface area contributed by atoms with Crippen LogP contribution in [0.5, 0.6) is 0 Å². The third-order valence-electron chi connectivity index (χ3n) is 13.0. The standard InChI is InChI=1S/C74H116O6/c1-4-7-10-13-16-19-22-24-26-28-30-32-34-36-37-39-40-42-44-46-48-50-52-55-58-61-64-67-73(76)79-70-71(69-78-72(75)66-63-60-57-54-21-18-15-12-9-6-3)80-74(77)68-65-62-59-56-53-51-49-47-45-43-41-38-35-33-31-29-27-25-23-20-17-14-11-8-5-2/h7-8,10-11,16-17,19-20,24-27,30-33,36-38,40-42,45-48,51,53,71H,4-6,9,12-15,18,21-23,28-29,34-35,39,43-44,49-50,52,54-70H2,1-3H3/b10-7-,11-8-,19-16-,20-17-,26-24-,27-25-,32-30-,33-31-,37-36-,41-38-,42-40-,47-45-,48-46-,53-51-. The summed E-state index contributed by atoms with van der Waals surface area (Å²) in [4.78, 5) is 38.2. The molecule has 0 aliphatic carbocycles. The van der Waals surface area contributed by atoms with E-state index >= 15 is 0 Å². The number of esters is 3. The molecular formula is C74H116O6. The Morgan fingerprint density at radius 3 is 0.775 bits per heavy atom. The van der Waals surface area contributed by atoms with Crippen molar-refractivity contribution in [2.75, 3.05) is 13.2 Å². The fraction of sp³-hybridized carbons (Fsp3) is 0.581. The second-order valence-corrected chi connectivity index (χ2v) is 20.6. The summed E-state index contributed by atoms with van der Waals surface area (Å²) in [7, 11) is 0. The number of allylic oxidation sites excluding steroid dienone is 28. The van der Waals surface area contributed by atoms with Gasteiger partial charge in [0.05, 0.1) is 0 Å². The highest BCUT2D eigenvalue weighted by atomic mass is 16.6. The zero-order chi connectivity index (χ0) is 57.8. The molecule has 0 amide bonds. The van der Waals surface area contributed by atoms with Gasteiger partial charge in [0.2, 0.25) is 0 Å². The van der Waals surface area contributed by atoms with Crippen molar-refractivity contribution in [1.82, 2.24) is 0 Å². The van der Waals surface area contributed by atoms with Gasteiger partial charge in [-0.3, -0.25) is 14.4 Å². The van der Waals surface area contributed by atoms with Crippen LogP contribution in [0.15, 0.2) is 170 Å². The fourth-order valence-electron chi connectivity index (χ4n) is 8.23. The largest absolute Gasteiger partial charge is 0.462 e. The third kappa shape index (κ3) is 63.6. The summed E-state index contributed by atoms with van der Waals surface area (Å²) in [5.74, 6) is -0.964. The van der Waals surface area contributed by atoms with Crippen molar-refractivity contribution < 1.29 is 28.6 Å². The molecule has 0 spiro atoms. The Morgan fingerprint density at radius 1 is 0.263 bits per heavy atom. The van der Waals surface area contributed by atoms with Crippen LogP contribution in [0.1, 0.15) is 258 Å². The number of carbonyl (C=O) groups excluding carboxylic acids is 3. The lowest BCUT2D eigenvalue weighted by atomic mass is 10.1. The summed E-state index contributed by atoms with van der Waals surface area (Å²) < 4.78 is 16.8.